The summed E-state index contributed by atoms with van der Waals surface area (Å²) in [5.74, 6) is -0.328. The van der Waals surface area contributed by atoms with E-state index in [1.807, 2.05) is 37.3 Å². The van der Waals surface area contributed by atoms with E-state index in [1.165, 1.54) is 25.7 Å². The molecule has 4 rings (SSSR count). The van der Waals surface area contributed by atoms with Crippen LogP contribution < -0.4 is 14.4 Å². The Balaban J connectivity index is 1.68. The summed E-state index contributed by atoms with van der Waals surface area (Å²) in [4.78, 5) is 29.4. The number of ether oxygens (including phenoxy) is 1. The molecule has 0 spiro atoms. The van der Waals surface area contributed by atoms with E-state index < -0.39 is 28.5 Å². The average Bonchev–Trinajstić information content (AvgIpc) is 3.03. The number of rotatable bonds is 13. The number of anilines is 1. The van der Waals surface area contributed by atoms with Gasteiger partial charge in [0.2, 0.25) is 11.8 Å². The summed E-state index contributed by atoms with van der Waals surface area (Å²) >= 11 is 0. The second-order valence-electron chi connectivity index (χ2n) is 10.6. The first-order valence-electron chi connectivity index (χ1n) is 14.7. The fourth-order valence-electron chi connectivity index (χ4n) is 5.51. The minimum Gasteiger partial charge on any atom is -0.495 e. The minimum atomic E-state index is -4.15. The van der Waals surface area contributed by atoms with Crippen LogP contribution in [-0.4, -0.2) is 57.4 Å². The number of amides is 2. The molecule has 1 saturated carbocycles. The zero-order valence-corrected chi connectivity index (χ0v) is 25.3. The Labute approximate surface area is 249 Å². The van der Waals surface area contributed by atoms with Crippen LogP contribution in [0, 0.1) is 0 Å². The monoisotopic (exact) mass is 591 g/mol. The normalized spacial score (nSPS) is 14.5. The van der Waals surface area contributed by atoms with E-state index >= 15 is 0 Å². The lowest BCUT2D eigenvalue weighted by Crippen LogP contribution is -2.54. The van der Waals surface area contributed by atoms with Gasteiger partial charge in [0.05, 0.1) is 17.7 Å². The minimum absolute atomic E-state index is 0.0571. The average molecular weight is 592 g/mol. The number of para-hydroxylation sites is 2. The Hall–Kier alpha value is -3.85. The summed E-state index contributed by atoms with van der Waals surface area (Å²) in [5.41, 5.74) is 1.27. The van der Waals surface area contributed by atoms with Gasteiger partial charge in [-0.05, 0) is 55.5 Å². The molecule has 42 heavy (non-hydrogen) atoms. The number of hydrogen-bond acceptors (Lipinski definition) is 5. The molecule has 3 aromatic carbocycles. The third-order valence-electron chi connectivity index (χ3n) is 7.79. The standard InChI is InChI=1S/C33H41N3O5S/c1-3-29(33(38)34-27-17-9-5-10-18-27)35(24-23-26-15-7-4-8-16-26)32(37)25-36(30-21-13-14-22-31(30)41-2)42(39,40)28-19-11-6-12-20-28/h4,6-8,11-16,19-22,27,29H,3,5,9-10,17-18,23-25H2,1-2H3,(H,34,38). The zero-order chi connectivity index (χ0) is 30.0. The zero-order valence-electron chi connectivity index (χ0n) is 24.4. The van der Waals surface area contributed by atoms with Crippen molar-refractivity contribution in [2.75, 3.05) is 24.5 Å². The van der Waals surface area contributed by atoms with Crippen molar-refractivity contribution < 1.29 is 22.7 Å². The number of nitrogens with one attached hydrogen (secondary N) is 1. The number of benzene rings is 3. The predicted octanol–water partition coefficient (Wildman–Crippen LogP) is 5.19. The Bertz CT molecular complexity index is 1410. The van der Waals surface area contributed by atoms with E-state index in [1.54, 1.807) is 47.4 Å². The Morgan fingerprint density at radius 3 is 2.17 bits per heavy atom. The summed E-state index contributed by atoms with van der Waals surface area (Å²) in [7, 11) is -2.69. The van der Waals surface area contributed by atoms with Crippen molar-refractivity contribution in [2.45, 2.75) is 68.8 Å². The van der Waals surface area contributed by atoms with E-state index in [-0.39, 0.29) is 29.1 Å². The third-order valence-corrected chi connectivity index (χ3v) is 9.56. The van der Waals surface area contributed by atoms with Crippen LogP contribution in [0.1, 0.15) is 51.0 Å². The fourth-order valence-corrected chi connectivity index (χ4v) is 6.95. The van der Waals surface area contributed by atoms with Crippen LogP contribution in [0.25, 0.3) is 0 Å². The molecule has 0 aliphatic heterocycles. The van der Waals surface area contributed by atoms with Crippen LogP contribution >= 0.6 is 0 Å². The van der Waals surface area contributed by atoms with Crippen LogP contribution in [0.15, 0.2) is 89.8 Å². The van der Waals surface area contributed by atoms with Gasteiger partial charge in [-0.2, -0.15) is 0 Å². The molecule has 0 radical (unpaired) electrons. The van der Waals surface area contributed by atoms with E-state index in [4.69, 9.17) is 4.74 Å². The lowest BCUT2D eigenvalue weighted by Gasteiger charge is -2.34. The maximum Gasteiger partial charge on any atom is 0.264 e. The number of hydrogen-bond donors (Lipinski definition) is 1. The van der Waals surface area contributed by atoms with Crippen LogP contribution in [0.3, 0.4) is 0 Å². The van der Waals surface area contributed by atoms with E-state index in [0.717, 1.165) is 35.6 Å². The van der Waals surface area contributed by atoms with Crippen LogP contribution in [0.2, 0.25) is 0 Å². The molecule has 2 amide bonds. The quantitative estimate of drug-likeness (QED) is 0.295. The first-order chi connectivity index (χ1) is 20.3. The second kappa shape index (κ2) is 14.9. The Morgan fingerprint density at radius 1 is 0.905 bits per heavy atom. The second-order valence-corrected chi connectivity index (χ2v) is 12.4. The molecule has 9 heteroatoms. The number of carbonyl (C=O) groups excluding carboxylic acids is 2. The van der Waals surface area contributed by atoms with Gasteiger partial charge in [-0.15, -0.1) is 0 Å². The lowest BCUT2D eigenvalue weighted by molar-refractivity contribution is -0.140. The number of sulfonamides is 1. The smallest absolute Gasteiger partial charge is 0.264 e. The van der Waals surface area contributed by atoms with Crippen molar-refractivity contribution in [1.82, 2.24) is 10.2 Å². The van der Waals surface area contributed by atoms with Crippen LogP contribution in [-0.2, 0) is 26.0 Å². The Kier molecular flexibility index (Phi) is 11.0. The molecular weight excluding hydrogens is 550 g/mol. The van der Waals surface area contributed by atoms with E-state index in [0.29, 0.717) is 18.6 Å². The van der Waals surface area contributed by atoms with Gasteiger partial charge in [0.15, 0.2) is 0 Å². The molecule has 0 aromatic heterocycles. The molecule has 1 aliphatic carbocycles. The van der Waals surface area contributed by atoms with Gasteiger partial charge in [0.1, 0.15) is 18.3 Å². The third kappa shape index (κ3) is 7.70. The van der Waals surface area contributed by atoms with Crippen LogP contribution in [0.5, 0.6) is 5.75 Å². The maximum atomic E-state index is 14.2. The summed E-state index contributed by atoms with van der Waals surface area (Å²) < 4.78 is 34.6. The van der Waals surface area contributed by atoms with Gasteiger partial charge in [0, 0.05) is 12.6 Å². The molecule has 1 fully saturated rings. The first kappa shape index (κ1) is 31.1. The van der Waals surface area contributed by atoms with E-state index in [9.17, 15) is 18.0 Å². The van der Waals surface area contributed by atoms with Gasteiger partial charge in [-0.1, -0.05) is 86.8 Å². The van der Waals surface area contributed by atoms with Crippen molar-refractivity contribution in [3.8, 4) is 5.75 Å². The van der Waals surface area contributed by atoms with Crippen LogP contribution in [0.4, 0.5) is 5.69 Å². The van der Waals surface area contributed by atoms with Crippen molar-refractivity contribution in [3.63, 3.8) is 0 Å². The molecule has 3 aromatic rings. The molecule has 8 nitrogen and oxygen atoms in total. The van der Waals surface area contributed by atoms with Gasteiger partial charge in [-0.25, -0.2) is 8.42 Å². The van der Waals surface area contributed by atoms with Gasteiger partial charge >= 0.3 is 0 Å². The lowest BCUT2D eigenvalue weighted by atomic mass is 9.95. The molecule has 0 saturated heterocycles. The summed E-state index contributed by atoms with van der Waals surface area (Å²) in [6.07, 6.45) is 6.10. The highest BCUT2D eigenvalue weighted by Crippen LogP contribution is 2.32. The predicted molar refractivity (Wildman–Crippen MR) is 165 cm³/mol. The van der Waals surface area contributed by atoms with Crippen molar-refractivity contribution in [2.24, 2.45) is 0 Å². The van der Waals surface area contributed by atoms with Gasteiger partial charge < -0.3 is 15.0 Å². The molecule has 1 N–H and O–H groups in total. The largest absolute Gasteiger partial charge is 0.495 e. The highest BCUT2D eigenvalue weighted by molar-refractivity contribution is 7.92. The van der Waals surface area contributed by atoms with Crippen molar-refractivity contribution in [3.05, 3.63) is 90.5 Å². The van der Waals surface area contributed by atoms with Gasteiger partial charge in [0.25, 0.3) is 10.0 Å². The first-order valence-corrected chi connectivity index (χ1v) is 16.1. The SMILES string of the molecule is CCC(C(=O)NC1CCCCC1)N(CCc1ccccc1)C(=O)CN(c1ccccc1OC)S(=O)(=O)c1ccccc1. The fraction of sp³-hybridized carbons (Fsp3) is 0.394. The summed E-state index contributed by atoms with van der Waals surface area (Å²) in [5, 5.41) is 3.18. The Morgan fingerprint density at radius 2 is 1.52 bits per heavy atom. The summed E-state index contributed by atoms with van der Waals surface area (Å²) in [6, 6.07) is 23.9. The van der Waals surface area contributed by atoms with E-state index in [2.05, 4.69) is 5.32 Å². The number of carbonyl (C=O) groups is 2. The van der Waals surface area contributed by atoms with Crippen molar-refractivity contribution in [1.29, 1.82) is 0 Å². The number of methoxy groups -OCH3 is 1. The number of nitrogens with zero attached hydrogens (tertiary/aromatic N) is 2. The highest BCUT2D eigenvalue weighted by Gasteiger charge is 2.35. The molecule has 1 aliphatic rings. The molecule has 0 bridgehead atoms. The molecular formula is C33H41N3O5S. The molecule has 0 heterocycles. The molecule has 224 valence electrons. The maximum absolute atomic E-state index is 14.2. The van der Waals surface area contributed by atoms with Gasteiger partial charge in [-0.3, -0.25) is 13.9 Å². The molecule has 1 atom stereocenters. The summed E-state index contributed by atoms with van der Waals surface area (Å²) in [6.45, 7) is 1.66. The highest BCUT2D eigenvalue weighted by atomic mass is 32.2. The van der Waals surface area contributed by atoms with Crippen molar-refractivity contribution >= 4 is 27.5 Å². The molecule has 1 unspecified atom stereocenters. The topological polar surface area (TPSA) is 96.0 Å².